The standard InChI is InChI=1S/C29H32N10O2/c40-23-6-3-8-37(14-23)16-26-24(15-39(35-26)18-28(41)38-9-7-25-27(17-38)34-36-33-25)21-12-30-29(31-13-21)32-22-10-19-4-1-2-5-20(19)11-22/h1-2,4-5,12-13,15,22H,3,6-11,14,16-18H2,(H,30,31,32)(H,33,34,36). The van der Waals surface area contributed by atoms with Crippen molar-refractivity contribution in [1.29, 1.82) is 0 Å². The lowest BCUT2D eigenvalue weighted by Crippen LogP contribution is -2.38. The van der Waals surface area contributed by atoms with Crippen LogP contribution in [0.25, 0.3) is 11.1 Å². The number of anilines is 1. The predicted molar refractivity (Wildman–Crippen MR) is 150 cm³/mol. The molecule has 0 spiro atoms. The number of H-pyrrole nitrogens is 1. The van der Waals surface area contributed by atoms with Crippen LogP contribution in [0.1, 0.15) is 41.1 Å². The second kappa shape index (κ2) is 10.8. The van der Waals surface area contributed by atoms with Crippen LogP contribution in [0.15, 0.2) is 42.9 Å². The van der Waals surface area contributed by atoms with Gasteiger partial charge >= 0.3 is 0 Å². The molecule has 0 saturated carbocycles. The van der Waals surface area contributed by atoms with Gasteiger partial charge in [-0.1, -0.05) is 24.3 Å². The van der Waals surface area contributed by atoms with Crippen LogP contribution >= 0.6 is 0 Å². The minimum Gasteiger partial charge on any atom is -0.351 e. The van der Waals surface area contributed by atoms with Crippen LogP contribution in [0.5, 0.6) is 0 Å². The first-order valence-corrected chi connectivity index (χ1v) is 14.2. The van der Waals surface area contributed by atoms with Crippen molar-refractivity contribution in [1.82, 2.24) is 45.0 Å². The summed E-state index contributed by atoms with van der Waals surface area (Å²) in [5.41, 5.74) is 6.98. The summed E-state index contributed by atoms with van der Waals surface area (Å²) in [4.78, 5) is 38.5. The molecule has 0 unspecified atom stereocenters. The van der Waals surface area contributed by atoms with Crippen molar-refractivity contribution in [2.45, 2.75) is 57.8 Å². The zero-order chi connectivity index (χ0) is 27.8. The van der Waals surface area contributed by atoms with Crippen molar-refractivity contribution in [3.05, 3.63) is 71.1 Å². The number of nitrogens with zero attached hydrogens (tertiary/aromatic N) is 8. The fourth-order valence-electron chi connectivity index (χ4n) is 6.09. The predicted octanol–water partition coefficient (Wildman–Crippen LogP) is 1.79. The van der Waals surface area contributed by atoms with Gasteiger partial charge in [0.05, 0.1) is 24.5 Å². The molecule has 1 aromatic carbocycles. The highest BCUT2D eigenvalue weighted by Gasteiger charge is 2.26. The number of aromatic nitrogens is 7. The number of hydrogen-bond acceptors (Lipinski definition) is 9. The number of likely N-dealkylation sites (tertiary alicyclic amines) is 1. The summed E-state index contributed by atoms with van der Waals surface area (Å²) in [5, 5.41) is 19.3. The SMILES string of the molecule is O=C1CCCN(Cc2nn(CC(=O)N3CCc4n[nH]nc4C3)cc2-c2cnc(NC3Cc4ccccc4C3)nc2)C1. The Bertz CT molecular complexity index is 1550. The molecular formula is C29H32N10O2. The number of carbonyl (C=O) groups excluding carboxylic acids is 2. The Kier molecular flexibility index (Phi) is 6.75. The normalized spacial score (nSPS) is 17.5. The van der Waals surface area contributed by atoms with E-state index in [1.165, 1.54) is 11.1 Å². The van der Waals surface area contributed by atoms with E-state index in [0.717, 1.165) is 54.0 Å². The fourth-order valence-corrected chi connectivity index (χ4v) is 6.09. The maximum absolute atomic E-state index is 13.2. The monoisotopic (exact) mass is 552 g/mol. The summed E-state index contributed by atoms with van der Waals surface area (Å²) < 4.78 is 1.69. The van der Waals surface area contributed by atoms with Gasteiger partial charge in [0.15, 0.2) is 0 Å². The summed E-state index contributed by atoms with van der Waals surface area (Å²) in [6, 6.07) is 8.78. The Morgan fingerprint density at radius 2 is 1.78 bits per heavy atom. The van der Waals surface area contributed by atoms with Crippen LogP contribution in [0, 0.1) is 0 Å². The number of hydrogen-bond donors (Lipinski definition) is 2. The van der Waals surface area contributed by atoms with Gasteiger partial charge in [-0.15, -0.1) is 0 Å². The largest absolute Gasteiger partial charge is 0.351 e. The topological polar surface area (TPSA) is 138 Å². The maximum atomic E-state index is 13.2. The molecular weight excluding hydrogens is 520 g/mol. The number of nitrogens with one attached hydrogen (secondary N) is 2. The lowest BCUT2D eigenvalue weighted by atomic mass is 10.1. The summed E-state index contributed by atoms with van der Waals surface area (Å²) in [5.74, 6) is 0.813. The molecule has 2 N–H and O–H groups in total. The van der Waals surface area contributed by atoms with Crippen molar-refractivity contribution < 1.29 is 9.59 Å². The average molecular weight is 553 g/mol. The molecule has 41 heavy (non-hydrogen) atoms. The number of piperidine rings is 1. The molecule has 1 fully saturated rings. The van der Waals surface area contributed by atoms with Crippen LogP contribution in [-0.4, -0.2) is 82.3 Å². The molecule has 12 heteroatoms. The van der Waals surface area contributed by atoms with E-state index in [-0.39, 0.29) is 24.3 Å². The first-order valence-electron chi connectivity index (χ1n) is 14.2. The molecule has 7 rings (SSSR count). The van der Waals surface area contributed by atoms with E-state index in [0.29, 0.717) is 45.0 Å². The molecule has 5 heterocycles. The average Bonchev–Trinajstić information content (AvgIpc) is 3.71. The van der Waals surface area contributed by atoms with Gasteiger partial charge in [0.1, 0.15) is 18.0 Å². The summed E-state index contributed by atoms with van der Waals surface area (Å²) in [6.07, 6.45) is 9.57. The molecule has 210 valence electrons. The highest BCUT2D eigenvalue weighted by atomic mass is 16.2. The molecule has 3 aliphatic rings. The minimum absolute atomic E-state index is 0.0271. The van der Waals surface area contributed by atoms with E-state index in [1.807, 2.05) is 18.6 Å². The number of carbonyl (C=O) groups is 2. The highest BCUT2D eigenvalue weighted by molar-refractivity contribution is 5.81. The smallest absolute Gasteiger partial charge is 0.244 e. The van der Waals surface area contributed by atoms with Gasteiger partial charge < -0.3 is 10.2 Å². The molecule has 0 radical (unpaired) electrons. The molecule has 1 saturated heterocycles. The second-order valence-corrected chi connectivity index (χ2v) is 11.1. The van der Waals surface area contributed by atoms with E-state index in [2.05, 4.69) is 59.9 Å². The third-order valence-corrected chi connectivity index (χ3v) is 8.20. The van der Waals surface area contributed by atoms with Crippen molar-refractivity contribution in [3.63, 3.8) is 0 Å². The summed E-state index contributed by atoms with van der Waals surface area (Å²) in [6.45, 7) is 2.94. The Hall–Kier alpha value is -4.45. The number of aromatic amines is 1. The van der Waals surface area contributed by atoms with E-state index in [9.17, 15) is 9.59 Å². The van der Waals surface area contributed by atoms with Crippen LogP contribution in [0.4, 0.5) is 5.95 Å². The van der Waals surface area contributed by atoms with Gasteiger partial charge in [-0.3, -0.25) is 19.2 Å². The van der Waals surface area contributed by atoms with Crippen molar-refractivity contribution in [2.75, 3.05) is 25.0 Å². The van der Waals surface area contributed by atoms with Gasteiger partial charge in [-0.25, -0.2) is 9.97 Å². The molecule has 4 aromatic rings. The molecule has 12 nitrogen and oxygen atoms in total. The zero-order valence-electron chi connectivity index (χ0n) is 22.8. The van der Waals surface area contributed by atoms with Gasteiger partial charge in [0, 0.05) is 61.7 Å². The molecule has 0 atom stereocenters. The quantitative estimate of drug-likeness (QED) is 0.351. The van der Waals surface area contributed by atoms with Gasteiger partial charge in [-0.05, 0) is 36.9 Å². The van der Waals surface area contributed by atoms with E-state index >= 15 is 0 Å². The summed E-state index contributed by atoms with van der Waals surface area (Å²) >= 11 is 0. The fraction of sp³-hybridized carbons (Fsp3) is 0.414. The number of benzene rings is 1. The van der Waals surface area contributed by atoms with Gasteiger partial charge in [-0.2, -0.15) is 20.5 Å². The van der Waals surface area contributed by atoms with E-state index in [4.69, 9.17) is 5.10 Å². The van der Waals surface area contributed by atoms with Gasteiger partial charge in [0.2, 0.25) is 11.9 Å². The second-order valence-electron chi connectivity index (χ2n) is 11.1. The van der Waals surface area contributed by atoms with Crippen LogP contribution in [-0.2, 0) is 48.5 Å². The maximum Gasteiger partial charge on any atom is 0.244 e. The third kappa shape index (κ3) is 5.47. The van der Waals surface area contributed by atoms with E-state index < -0.39 is 0 Å². The lowest BCUT2D eigenvalue weighted by Gasteiger charge is -2.25. The Labute approximate surface area is 237 Å². The van der Waals surface area contributed by atoms with Crippen molar-refractivity contribution in [2.24, 2.45) is 0 Å². The molecule has 3 aromatic heterocycles. The summed E-state index contributed by atoms with van der Waals surface area (Å²) in [7, 11) is 0. The number of amides is 1. The highest BCUT2D eigenvalue weighted by Crippen LogP contribution is 2.27. The zero-order valence-corrected chi connectivity index (χ0v) is 22.8. The van der Waals surface area contributed by atoms with Gasteiger partial charge in [0.25, 0.3) is 0 Å². The lowest BCUT2D eigenvalue weighted by molar-refractivity contribution is -0.133. The molecule has 1 aliphatic carbocycles. The first kappa shape index (κ1) is 25.5. The Balaban J connectivity index is 1.08. The molecule has 2 aliphatic heterocycles. The van der Waals surface area contributed by atoms with Crippen LogP contribution in [0.3, 0.4) is 0 Å². The van der Waals surface area contributed by atoms with Crippen LogP contribution < -0.4 is 5.32 Å². The molecule has 1 amide bonds. The Morgan fingerprint density at radius 1 is 1.00 bits per heavy atom. The minimum atomic E-state index is -0.0271. The molecule has 0 bridgehead atoms. The van der Waals surface area contributed by atoms with Crippen molar-refractivity contribution >= 4 is 17.6 Å². The van der Waals surface area contributed by atoms with Crippen molar-refractivity contribution in [3.8, 4) is 11.1 Å². The number of rotatable bonds is 7. The van der Waals surface area contributed by atoms with Crippen LogP contribution in [0.2, 0.25) is 0 Å². The number of ketones is 1. The van der Waals surface area contributed by atoms with E-state index in [1.54, 1.807) is 9.58 Å². The third-order valence-electron chi connectivity index (χ3n) is 8.20. The number of Topliss-reactive ketones (excluding diaryl/α,β-unsaturated/α-hetero) is 1. The first-order chi connectivity index (χ1) is 20.1. The number of fused-ring (bicyclic) bond motifs is 2. The Morgan fingerprint density at radius 3 is 2.56 bits per heavy atom.